The van der Waals surface area contributed by atoms with Gasteiger partial charge < -0.3 is 5.32 Å². The van der Waals surface area contributed by atoms with Crippen molar-refractivity contribution in [2.45, 2.75) is 44.4 Å². The molecule has 25 heavy (non-hydrogen) atoms. The van der Waals surface area contributed by atoms with E-state index in [0.717, 1.165) is 31.4 Å². The molecule has 0 aromatic heterocycles. The summed E-state index contributed by atoms with van der Waals surface area (Å²) in [4.78, 5) is 11.9. The van der Waals surface area contributed by atoms with Crippen molar-refractivity contribution < 1.29 is 17.6 Å². The van der Waals surface area contributed by atoms with Crippen LogP contribution in [0.1, 0.15) is 39.5 Å². The predicted molar refractivity (Wildman–Crippen MR) is 95.0 cm³/mol. The summed E-state index contributed by atoms with van der Waals surface area (Å²) >= 11 is 0. The Kier molecular flexibility index (Phi) is 6.95. The summed E-state index contributed by atoms with van der Waals surface area (Å²) in [5, 5.41) is 2.90. The molecule has 0 unspecified atom stereocenters. The lowest BCUT2D eigenvalue weighted by Gasteiger charge is -2.31. The van der Waals surface area contributed by atoms with Gasteiger partial charge in [-0.1, -0.05) is 13.8 Å². The molecule has 1 amide bonds. The number of piperidine rings is 1. The van der Waals surface area contributed by atoms with Crippen molar-refractivity contribution in [3.05, 3.63) is 30.1 Å². The fourth-order valence-corrected chi connectivity index (χ4v) is 4.41. The first-order chi connectivity index (χ1) is 11.8. The summed E-state index contributed by atoms with van der Waals surface area (Å²) in [6, 6.07) is 4.93. The Bertz CT molecular complexity index is 666. The van der Waals surface area contributed by atoms with Crippen molar-refractivity contribution in [3.63, 3.8) is 0 Å². The van der Waals surface area contributed by atoms with Gasteiger partial charge in [0.15, 0.2) is 0 Å². The van der Waals surface area contributed by atoms with Gasteiger partial charge in [-0.25, -0.2) is 12.8 Å². The summed E-state index contributed by atoms with van der Waals surface area (Å²) in [6.45, 7) is 5.68. The maximum atomic E-state index is 13.0. The molecule has 1 aliphatic heterocycles. The first kappa shape index (κ1) is 19.8. The van der Waals surface area contributed by atoms with Gasteiger partial charge in [-0.05, 0) is 55.4 Å². The van der Waals surface area contributed by atoms with Gasteiger partial charge in [0.05, 0.1) is 4.90 Å². The molecule has 0 bridgehead atoms. The van der Waals surface area contributed by atoms with Crippen molar-refractivity contribution >= 4 is 15.9 Å². The summed E-state index contributed by atoms with van der Waals surface area (Å²) in [6.07, 6.45) is 2.77. The summed E-state index contributed by atoms with van der Waals surface area (Å²) in [7, 11) is -3.56. The van der Waals surface area contributed by atoms with Gasteiger partial charge >= 0.3 is 0 Å². The zero-order valence-corrected chi connectivity index (χ0v) is 15.7. The van der Waals surface area contributed by atoms with Gasteiger partial charge in [0.1, 0.15) is 5.82 Å². The molecule has 0 spiro atoms. The van der Waals surface area contributed by atoms with E-state index in [-0.39, 0.29) is 10.8 Å². The second kappa shape index (κ2) is 8.76. The van der Waals surface area contributed by atoms with Crippen LogP contribution < -0.4 is 5.32 Å². The summed E-state index contributed by atoms with van der Waals surface area (Å²) in [5.74, 6) is 0.414. The standard InChI is InChI=1S/C18H27FN2O3S/c1-14(2)13-20-18(22)8-3-15-9-11-21(12-10-15)25(23,24)17-6-4-16(19)5-7-17/h4-7,14-15H,3,8-13H2,1-2H3,(H,20,22). The number of carbonyl (C=O) groups excluding carboxylic acids is 1. The molecule has 1 aromatic rings. The Hall–Kier alpha value is -1.47. The highest BCUT2D eigenvalue weighted by atomic mass is 32.2. The fourth-order valence-electron chi connectivity index (χ4n) is 2.94. The Labute approximate surface area is 149 Å². The lowest BCUT2D eigenvalue weighted by atomic mass is 9.93. The van der Waals surface area contributed by atoms with Crippen LogP contribution in [0.15, 0.2) is 29.2 Å². The van der Waals surface area contributed by atoms with E-state index in [1.165, 1.54) is 16.4 Å². The highest BCUT2D eigenvalue weighted by Gasteiger charge is 2.29. The first-order valence-corrected chi connectivity index (χ1v) is 10.3. The van der Waals surface area contributed by atoms with Crippen LogP contribution in [0.4, 0.5) is 4.39 Å². The molecule has 1 saturated heterocycles. The third-order valence-electron chi connectivity index (χ3n) is 4.51. The molecule has 1 N–H and O–H groups in total. The lowest BCUT2D eigenvalue weighted by molar-refractivity contribution is -0.121. The molecule has 0 aliphatic carbocycles. The predicted octanol–water partition coefficient (Wildman–Crippen LogP) is 2.78. The number of amides is 1. The molecular weight excluding hydrogens is 343 g/mol. The fraction of sp³-hybridized carbons (Fsp3) is 0.611. The van der Waals surface area contributed by atoms with Crippen LogP contribution in [0.5, 0.6) is 0 Å². The van der Waals surface area contributed by atoms with Crippen LogP contribution >= 0.6 is 0 Å². The minimum absolute atomic E-state index is 0.0649. The minimum Gasteiger partial charge on any atom is -0.356 e. The third kappa shape index (κ3) is 5.78. The number of hydrogen-bond acceptors (Lipinski definition) is 3. The minimum atomic E-state index is -3.56. The zero-order chi connectivity index (χ0) is 18.4. The largest absolute Gasteiger partial charge is 0.356 e. The smallest absolute Gasteiger partial charge is 0.243 e. The van der Waals surface area contributed by atoms with E-state index in [1.807, 2.05) is 0 Å². The Morgan fingerprint density at radius 2 is 1.84 bits per heavy atom. The molecule has 1 aliphatic rings. The molecule has 2 rings (SSSR count). The van der Waals surface area contributed by atoms with Crippen LogP contribution in [-0.4, -0.2) is 38.3 Å². The number of carbonyl (C=O) groups is 1. The number of rotatable bonds is 7. The topological polar surface area (TPSA) is 66.5 Å². The molecule has 1 fully saturated rings. The third-order valence-corrected chi connectivity index (χ3v) is 6.42. The van der Waals surface area contributed by atoms with Crippen LogP contribution in [-0.2, 0) is 14.8 Å². The van der Waals surface area contributed by atoms with Crippen LogP contribution in [0.3, 0.4) is 0 Å². The number of hydrogen-bond donors (Lipinski definition) is 1. The average Bonchev–Trinajstić information content (AvgIpc) is 2.59. The van der Waals surface area contributed by atoms with Gasteiger partial charge in [0.25, 0.3) is 0 Å². The highest BCUT2D eigenvalue weighted by molar-refractivity contribution is 7.89. The Morgan fingerprint density at radius 1 is 1.24 bits per heavy atom. The van der Waals surface area contributed by atoms with E-state index < -0.39 is 15.8 Å². The van der Waals surface area contributed by atoms with E-state index in [2.05, 4.69) is 19.2 Å². The number of sulfonamides is 1. The quantitative estimate of drug-likeness (QED) is 0.803. The Morgan fingerprint density at radius 3 is 2.40 bits per heavy atom. The van der Waals surface area contributed by atoms with Crippen molar-refractivity contribution in [2.75, 3.05) is 19.6 Å². The van der Waals surface area contributed by atoms with Crippen molar-refractivity contribution in [2.24, 2.45) is 11.8 Å². The van der Waals surface area contributed by atoms with E-state index in [9.17, 15) is 17.6 Å². The zero-order valence-electron chi connectivity index (χ0n) is 14.9. The van der Waals surface area contributed by atoms with Gasteiger partial charge in [-0.2, -0.15) is 4.31 Å². The van der Waals surface area contributed by atoms with Crippen LogP contribution in [0.25, 0.3) is 0 Å². The molecule has 0 saturated carbocycles. The van der Waals surface area contributed by atoms with Crippen molar-refractivity contribution in [3.8, 4) is 0 Å². The lowest BCUT2D eigenvalue weighted by Crippen LogP contribution is -2.38. The van der Waals surface area contributed by atoms with Crippen molar-refractivity contribution in [1.82, 2.24) is 9.62 Å². The maximum absolute atomic E-state index is 13.0. The molecule has 140 valence electrons. The average molecular weight is 370 g/mol. The monoisotopic (exact) mass is 370 g/mol. The summed E-state index contributed by atoms with van der Waals surface area (Å²) < 4.78 is 39.5. The molecule has 0 atom stereocenters. The number of benzene rings is 1. The van der Waals surface area contributed by atoms with Crippen LogP contribution in [0, 0.1) is 17.7 Å². The second-order valence-corrected chi connectivity index (χ2v) is 8.98. The number of halogens is 1. The van der Waals surface area contributed by atoms with Gasteiger partial charge in [-0.15, -0.1) is 0 Å². The molecular formula is C18H27FN2O3S. The van der Waals surface area contributed by atoms with E-state index >= 15 is 0 Å². The first-order valence-electron chi connectivity index (χ1n) is 8.81. The van der Waals surface area contributed by atoms with Crippen molar-refractivity contribution in [1.29, 1.82) is 0 Å². The van der Waals surface area contributed by atoms with Crippen LogP contribution in [0.2, 0.25) is 0 Å². The van der Waals surface area contributed by atoms with Gasteiger partial charge in [0, 0.05) is 26.1 Å². The number of nitrogens with zero attached hydrogens (tertiary/aromatic N) is 1. The van der Waals surface area contributed by atoms with E-state index in [4.69, 9.17) is 0 Å². The van der Waals surface area contributed by atoms with E-state index in [0.29, 0.717) is 37.9 Å². The maximum Gasteiger partial charge on any atom is 0.243 e. The normalized spacial score (nSPS) is 17.0. The number of nitrogens with one attached hydrogen (secondary N) is 1. The molecule has 1 aromatic carbocycles. The molecule has 0 radical (unpaired) electrons. The molecule has 5 nitrogen and oxygen atoms in total. The summed E-state index contributed by atoms with van der Waals surface area (Å²) in [5.41, 5.74) is 0. The Balaban J connectivity index is 1.81. The van der Waals surface area contributed by atoms with E-state index in [1.54, 1.807) is 0 Å². The molecule has 1 heterocycles. The molecule has 7 heteroatoms. The van der Waals surface area contributed by atoms with Gasteiger partial charge in [0.2, 0.25) is 15.9 Å². The highest BCUT2D eigenvalue weighted by Crippen LogP contribution is 2.26. The SMILES string of the molecule is CC(C)CNC(=O)CCC1CCN(S(=O)(=O)c2ccc(F)cc2)CC1. The van der Waals surface area contributed by atoms with Gasteiger partial charge in [-0.3, -0.25) is 4.79 Å². The second-order valence-electron chi connectivity index (χ2n) is 7.04.